The number of benzene rings is 2. The lowest BCUT2D eigenvalue weighted by Crippen LogP contribution is -2.53. The van der Waals surface area contributed by atoms with Crippen LogP contribution in [0.2, 0.25) is 5.02 Å². The highest BCUT2D eigenvalue weighted by Gasteiger charge is 2.33. The molecule has 0 radical (unpaired) electrons. The summed E-state index contributed by atoms with van der Waals surface area (Å²) in [7, 11) is 0. The first-order valence-corrected chi connectivity index (χ1v) is 11.8. The predicted octanol–water partition coefficient (Wildman–Crippen LogP) is 5.11. The van der Waals surface area contributed by atoms with Gasteiger partial charge in [-0.1, -0.05) is 61.2 Å². The van der Waals surface area contributed by atoms with Gasteiger partial charge in [0.05, 0.1) is 0 Å². The average Bonchev–Trinajstić information content (AvgIpc) is 2.85. The Balaban J connectivity index is 1.40. The molecule has 2 amide bonds. The van der Waals surface area contributed by atoms with E-state index in [1.165, 1.54) is 32.1 Å². The van der Waals surface area contributed by atoms with E-state index in [9.17, 15) is 9.59 Å². The summed E-state index contributed by atoms with van der Waals surface area (Å²) in [6.07, 6.45) is 4.80. The molecule has 1 aliphatic heterocycles. The van der Waals surface area contributed by atoms with Crippen molar-refractivity contribution in [3.05, 3.63) is 65.2 Å². The summed E-state index contributed by atoms with van der Waals surface area (Å²) in [6, 6.07) is 16.6. The quantitative estimate of drug-likeness (QED) is 0.680. The van der Waals surface area contributed by atoms with Gasteiger partial charge < -0.3 is 9.64 Å². The number of piperazine rings is 1. The first kappa shape index (κ1) is 22.6. The van der Waals surface area contributed by atoms with Gasteiger partial charge in [0.25, 0.3) is 5.91 Å². The van der Waals surface area contributed by atoms with Crippen LogP contribution < -0.4 is 5.32 Å². The maximum Gasteiger partial charge on any atom is 0.412 e. The lowest BCUT2D eigenvalue weighted by molar-refractivity contribution is -0.142. The Hall–Kier alpha value is -2.57. The molecule has 0 unspecified atom stereocenters. The first-order valence-electron chi connectivity index (χ1n) is 11.4. The third-order valence-corrected chi connectivity index (χ3v) is 6.61. The van der Waals surface area contributed by atoms with E-state index in [1.54, 1.807) is 24.3 Å². The number of ether oxygens (including phenoxy) is 1. The minimum Gasteiger partial charge on any atom is -0.431 e. The van der Waals surface area contributed by atoms with Gasteiger partial charge in [-0.3, -0.25) is 15.0 Å². The van der Waals surface area contributed by atoms with E-state index in [4.69, 9.17) is 16.3 Å². The van der Waals surface area contributed by atoms with Crippen molar-refractivity contribution < 1.29 is 14.3 Å². The van der Waals surface area contributed by atoms with Crippen LogP contribution in [-0.2, 0) is 9.53 Å². The summed E-state index contributed by atoms with van der Waals surface area (Å²) >= 11 is 5.90. The normalized spacial score (nSPS) is 18.7. The molecular weight excluding hydrogens is 426 g/mol. The molecule has 1 N–H and O–H groups in total. The zero-order chi connectivity index (χ0) is 22.3. The molecule has 1 aliphatic carbocycles. The maximum absolute atomic E-state index is 13.4. The number of anilines is 1. The molecule has 2 aromatic rings. The smallest absolute Gasteiger partial charge is 0.412 e. The Morgan fingerprint density at radius 1 is 0.906 bits per heavy atom. The van der Waals surface area contributed by atoms with Crippen LogP contribution in [0, 0.1) is 0 Å². The number of nitrogens with one attached hydrogen (secondary N) is 1. The molecule has 1 saturated heterocycles. The second-order valence-electron chi connectivity index (χ2n) is 8.48. The van der Waals surface area contributed by atoms with Crippen LogP contribution in [0.4, 0.5) is 10.5 Å². The molecule has 2 aromatic carbocycles. The summed E-state index contributed by atoms with van der Waals surface area (Å²) in [4.78, 5) is 30.3. The Morgan fingerprint density at radius 2 is 1.56 bits per heavy atom. The van der Waals surface area contributed by atoms with Crippen molar-refractivity contribution >= 4 is 29.3 Å². The Morgan fingerprint density at radius 3 is 2.22 bits per heavy atom. The molecule has 32 heavy (non-hydrogen) atoms. The predicted molar refractivity (Wildman–Crippen MR) is 126 cm³/mol. The zero-order valence-electron chi connectivity index (χ0n) is 18.2. The van der Waals surface area contributed by atoms with Crippen molar-refractivity contribution in [2.45, 2.75) is 44.2 Å². The third kappa shape index (κ3) is 5.81. The number of carbonyl (C=O) groups excluding carboxylic acids is 2. The largest absolute Gasteiger partial charge is 0.431 e. The molecule has 2 aliphatic rings. The number of rotatable bonds is 5. The van der Waals surface area contributed by atoms with Crippen LogP contribution in [0.1, 0.15) is 43.8 Å². The summed E-state index contributed by atoms with van der Waals surface area (Å²) in [5.41, 5.74) is 1.22. The van der Waals surface area contributed by atoms with Crippen molar-refractivity contribution in [3.63, 3.8) is 0 Å². The van der Waals surface area contributed by atoms with Crippen LogP contribution in [-0.4, -0.2) is 54.0 Å². The van der Waals surface area contributed by atoms with Crippen molar-refractivity contribution in [2.75, 3.05) is 31.5 Å². The van der Waals surface area contributed by atoms with E-state index < -0.39 is 12.2 Å². The van der Waals surface area contributed by atoms with Crippen molar-refractivity contribution in [1.82, 2.24) is 9.80 Å². The second kappa shape index (κ2) is 10.8. The highest BCUT2D eigenvalue weighted by Crippen LogP contribution is 2.26. The average molecular weight is 456 g/mol. The fraction of sp³-hybridized carbons (Fsp3) is 0.440. The van der Waals surface area contributed by atoms with Gasteiger partial charge in [0.15, 0.2) is 0 Å². The second-order valence-corrected chi connectivity index (χ2v) is 8.92. The van der Waals surface area contributed by atoms with Gasteiger partial charge >= 0.3 is 6.09 Å². The number of carbonyl (C=O) groups is 2. The molecule has 2 fully saturated rings. The fourth-order valence-corrected chi connectivity index (χ4v) is 4.72. The van der Waals surface area contributed by atoms with Gasteiger partial charge in [0.1, 0.15) is 0 Å². The lowest BCUT2D eigenvalue weighted by Gasteiger charge is -2.41. The summed E-state index contributed by atoms with van der Waals surface area (Å²) in [5.74, 6) is -0.175. The van der Waals surface area contributed by atoms with Crippen LogP contribution in [0.3, 0.4) is 0 Å². The molecule has 170 valence electrons. The Kier molecular flexibility index (Phi) is 7.66. The summed E-state index contributed by atoms with van der Waals surface area (Å²) in [6.45, 7) is 3.05. The Labute approximate surface area is 194 Å². The standard InChI is InChI=1S/C25H30ClN3O3/c26-20-11-13-21(14-12-20)27-25(31)32-23(19-7-3-1-4-8-19)24(30)29-17-15-28(16-18-29)22-9-5-2-6-10-22/h1,3-4,7-8,11-14,22-23H,2,5-6,9-10,15-18H2,(H,27,31)/t23-/m1/s1. The van der Waals surface area contributed by atoms with Crippen molar-refractivity contribution in [2.24, 2.45) is 0 Å². The van der Waals surface area contributed by atoms with E-state index in [-0.39, 0.29) is 5.91 Å². The van der Waals surface area contributed by atoms with E-state index in [2.05, 4.69) is 10.2 Å². The molecular formula is C25H30ClN3O3. The monoisotopic (exact) mass is 455 g/mol. The zero-order valence-corrected chi connectivity index (χ0v) is 19.0. The molecule has 0 bridgehead atoms. The number of hydrogen-bond donors (Lipinski definition) is 1. The first-order chi connectivity index (χ1) is 15.6. The van der Waals surface area contributed by atoms with Crippen molar-refractivity contribution in [3.8, 4) is 0 Å². The van der Waals surface area contributed by atoms with Gasteiger partial charge in [0.2, 0.25) is 6.10 Å². The highest BCUT2D eigenvalue weighted by atomic mass is 35.5. The van der Waals surface area contributed by atoms with Gasteiger partial charge in [-0.25, -0.2) is 4.79 Å². The molecule has 0 aromatic heterocycles. The van der Waals surface area contributed by atoms with Crippen molar-refractivity contribution in [1.29, 1.82) is 0 Å². The van der Waals surface area contributed by atoms with Crippen LogP contribution in [0.5, 0.6) is 0 Å². The molecule has 1 saturated carbocycles. The number of nitrogens with zero attached hydrogens (tertiary/aromatic N) is 2. The third-order valence-electron chi connectivity index (χ3n) is 6.36. The number of amides is 2. The molecule has 1 atom stereocenters. The molecule has 4 rings (SSSR count). The van der Waals surface area contributed by atoms with Crippen LogP contribution in [0.15, 0.2) is 54.6 Å². The highest BCUT2D eigenvalue weighted by molar-refractivity contribution is 6.30. The lowest BCUT2D eigenvalue weighted by atomic mass is 9.94. The summed E-state index contributed by atoms with van der Waals surface area (Å²) in [5, 5.41) is 3.26. The minimum absolute atomic E-state index is 0.175. The van der Waals surface area contributed by atoms with Gasteiger partial charge in [-0.2, -0.15) is 0 Å². The SMILES string of the molecule is O=C(Nc1ccc(Cl)cc1)O[C@@H](C(=O)N1CCN(C2CCCCC2)CC1)c1ccccc1. The van der Waals surface area contributed by atoms with E-state index in [0.717, 1.165) is 13.1 Å². The topological polar surface area (TPSA) is 61.9 Å². The molecule has 7 heteroatoms. The van der Waals surface area contributed by atoms with Gasteiger partial charge in [-0.05, 0) is 37.1 Å². The fourth-order valence-electron chi connectivity index (χ4n) is 4.60. The van der Waals surface area contributed by atoms with E-state index >= 15 is 0 Å². The van der Waals surface area contributed by atoms with E-state index in [0.29, 0.717) is 35.4 Å². The van der Waals surface area contributed by atoms with Gasteiger partial charge in [0, 0.05) is 48.5 Å². The molecule has 1 heterocycles. The maximum atomic E-state index is 13.4. The Bertz CT molecular complexity index is 892. The summed E-state index contributed by atoms with van der Waals surface area (Å²) < 4.78 is 5.64. The number of halogens is 1. The minimum atomic E-state index is -0.982. The molecule has 6 nitrogen and oxygen atoms in total. The van der Waals surface area contributed by atoms with Crippen LogP contribution >= 0.6 is 11.6 Å². The van der Waals surface area contributed by atoms with E-state index in [1.807, 2.05) is 35.2 Å². The van der Waals surface area contributed by atoms with Crippen LogP contribution in [0.25, 0.3) is 0 Å². The number of hydrogen-bond acceptors (Lipinski definition) is 4. The molecule has 0 spiro atoms. The van der Waals surface area contributed by atoms with Gasteiger partial charge in [-0.15, -0.1) is 0 Å².